The standard InChI is InChI=1S/C4H5ClF2O4S/c1-2-11-3(8)4(6,7)12(5,9)10/h2H2,1H3. The van der Waals surface area contributed by atoms with Crippen LogP contribution in [0.2, 0.25) is 0 Å². The van der Waals surface area contributed by atoms with Gasteiger partial charge in [-0.25, -0.2) is 13.2 Å². The first kappa shape index (κ1) is 11.6. The van der Waals surface area contributed by atoms with Crippen LogP contribution in [0.4, 0.5) is 8.78 Å². The van der Waals surface area contributed by atoms with Crippen LogP contribution in [0.15, 0.2) is 0 Å². The van der Waals surface area contributed by atoms with Gasteiger partial charge < -0.3 is 4.74 Å². The summed E-state index contributed by atoms with van der Waals surface area (Å²) >= 11 is 0. The van der Waals surface area contributed by atoms with Crippen LogP contribution in [0.1, 0.15) is 6.92 Å². The highest BCUT2D eigenvalue weighted by atomic mass is 35.7. The molecule has 0 unspecified atom stereocenters. The van der Waals surface area contributed by atoms with E-state index < -0.39 is 20.3 Å². The molecule has 0 bridgehead atoms. The van der Waals surface area contributed by atoms with E-state index in [4.69, 9.17) is 0 Å². The molecule has 8 heteroatoms. The zero-order valence-electron chi connectivity index (χ0n) is 5.88. The number of carbonyl (C=O) groups is 1. The lowest BCUT2D eigenvalue weighted by molar-refractivity contribution is -0.160. The maximum absolute atomic E-state index is 12.3. The van der Waals surface area contributed by atoms with Gasteiger partial charge in [-0.05, 0) is 6.92 Å². The Morgan fingerprint density at radius 1 is 1.58 bits per heavy atom. The fraction of sp³-hybridized carbons (Fsp3) is 0.750. The van der Waals surface area contributed by atoms with E-state index in [1.807, 2.05) is 0 Å². The zero-order chi connectivity index (χ0) is 9.99. The number of esters is 1. The zero-order valence-corrected chi connectivity index (χ0v) is 7.45. The second kappa shape index (κ2) is 3.53. The Bertz CT molecular complexity index is 273. The summed E-state index contributed by atoms with van der Waals surface area (Å²) in [6.07, 6.45) is 0. The number of halogens is 3. The van der Waals surface area contributed by atoms with Crippen LogP contribution >= 0.6 is 10.7 Å². The molecule has 0 heterocycles. The molecule has 0 aromatic rings. The minimum atomic E-state index is -5.26. The van der Waals surface area contributed by atoms with Crippen molar-refractivity contribution < 1.29 is 26.7 Å². The maximum Gasteiger partial charge on any atom is 0.454 e. The largest absolute Gasteiger partial charge is 0.461 e. The second-order valence-electron chi connectivity index (χ2n) is 1.68. The van der Waals surface area contributed by atoms with Crippen molar-refractivity contribution in [2.45, 2.75) is 12.2 Å². The highest BCUT2D eigenvalue weighted by Gasteiger charge is 2.53. The molecule has 12 heavy (non-hydrogen) atoms. The summed E-state index contributed by atoms with van der Waals surface area (Å²) in [5, 5.41) is -4.68. The van der Waals surface area contributed by atoms with E-state index in [0.29, 0.717) is 0 Å². The van der Waals surface area contributed by atoms with Crippen molar-refractivity contribution in [3.8, 4) is 0 Å². The smallest absolute Gasteiger partial charge is 0.454 e. The number of hydrogen-bond donors (Lipinski definition) is 0. The first-order chi connectivity index (χ1) is 5.23. The van der Waals surface area contributed by atoms with Crippen LogP contribution in [0.5, 0.6) is 0 Å². The Morgan fingerprint density at radius 3 is 2.25 bits per heavy atom. The van der Waals surface area contributed by atoms with Crippen molar-refractivity contribution in [3.05, 3.63) is 0 Å². The summed E-state index contributed by atoms with van der Waals surface area (Å²) in [4.78, 5) is 10.3. The van der Waals surface area contributed by atoms with Gasteiger partial charge in [-0.1, -0.05) is 0 Å². The van der Waals surface area contributed by atoms with Crippen LogP contribution in [0, 0.1) is 0 Å². The average Bonchev–Trinajstić information content (AvgIpc) is 1.85. The number of carbonyl (C=O) groups excluding carboxylic acids is 1. The van der Waals surface area contributed by atoms with Gasteiger partial charge in [-0.2, -0.15) is 8.78 Å². The van der Waals surface area contributed by atoms with E-state index in [2.05, 4.69) is 15.4 Å². The van der Waals surface area contributed by atoms with Gasteiger partial charge in [0.05, 0.1) is 6.61 Å². The van der Waals surface area contributed by atoms with Gasteiger partial charge >= 0.3 is 20.3 Å². The van der Waals surface area contributed by atoms with Crippen LogP contribution in [-0.4, -0.2) is 26.2 Å². The Morgan fingerprint density at radius 2 is 2.00 bits per heavy atom. The maximum atomic E-state index is 12.3. The molecule has 0 N–H and O–H groups in total. The fourth-order valence-electron chi connectivity index (χ4n) is 0.315. The minimum absolute atomic E-state index is 0.346. The molecule has 0 aliphatic heterocycles. The molecular formula is C4H5ClF2O4S. The fourth-order valence-corrected chi connectivity index (χ4v) is 0.762. The highest BCUT2D eigenvalue weighted by molar-refractivity contribution is 8.15. The Hall–Kier alpha value is -0.430. The molecule has 0 aromatic heterocycles. The molecule has 0 amide bonds. The quantitative estimate of drug-likeness (QED) is 0.521. The lowest BCUT2D eigenvalue weighted by atomic mass is 10.7. The normalized spacial score (nSPS) is 12.7. The average molecular weight is 223 g/mol. The van der Waals surface area contributed by atoms with Gasteiger partial charge in [0.2, 0.25) is 0 Å². The van der Waals surface area contributed by atoms with Crippen LogP contribution < -0.4 is 0 Å². The predicted octanol–water partition coefficient (Wildman–Crippen LogP) is 0.711. The topological polar surface area (TPSA) is 60.4 Å². The molecule has 4 nitrogen and oxygen atoms in total. The van der Waals surface area contributed by atoms with Crippen molar-refractivity contribution in [1.29, 1.82) is 0 Å². The van der Waals surface area contributed by atoms with Crippen LogP contribution in [0.3, 0.4) is 0 Å². The van der Waals surface area contributed by atoms with E-state index in [1.54, 1.807) is 0 Å². The number of alkyl halides is 2. The number of ether oxygens (including phenoxy) is 1. The van der Waals surface area contributed by atoms with E-state index in [0.717, 1.165) is 0 Å². The molecule has 0 aromatic carbocycles. The third-order valence-corrected chi connectivity index (χ3v) is 2.18. The molecule has 0 spiro atoms. The van der Waals surface area contributed by atoms with Crippen LogP contribution in [0.25, 0.3) is 0 Å². The Kier molecular flexibility index (Phi) is 3.40. The third kappa shape index (κ3) is 2.28. The summed E-state index contributed by atoms with van der Waals surface area (Å²) in [5.74, 6) is -2.17. The van der Waals surface area contributed by atoms with Crippen molar-refractivity contribution in [2.24, 2.45) is 0 Å². The number of rotatable bonds is 3. The molecule has 0 aliphatic rings. The molecule has 0 aliphatic carbocycles. The summed E-state index contributed by atoms with van der Waals surface area (Å²) in [6.45, 7) is 0.912. The van der Waals surface area contributed by atoms with Crippen molar-refractivity contribution >= 4 is 25.7 Å². The van der Waals surface area contributed by atoms with Crippen molar-refractivity contribution in [2.75, 3.05) is 6.61 Å². The highest BCUT2D eigenvalue weighted by Crippen LogP contribution is 2.26. The van der Waals surface area contributed by atoms with E-state index in [9.17, 15) is 22.0 Å². The van der Waals surface area contributed by atoms with E-state index >= 15 is 0 Å². The van der Waals surface area contributed by atoms with Gasteiger partial charge in [0, 0.05) is 10.7 Å². The molecule has 0 fully saturated rings. The van der Waals surface area contributed by atoms with Gasteiger partial charge in [-0.3, -0.25) is 0 Å². The van der Waals surface area contributed by atoms with E-state index in [1.165, 1.54) is 6.92 Å². The van der Waals surface area contributed by atoms with Crippen molar-refractivity contribution in [1.82, 2.24) is 0 Å². The van der Waals surface area contributed by atoms with Gasteiger partial charge in [0.25, 0.3) is 0 Å². The first-order valence-electron chi connectivity index (χ1n) is 2.72. The number of hydrogen-bond acceptors (Lipinski definition) is 4. The lowest BCUT2D eigenvalue weighted by Crippen LogP contribution is -2.36. The summed E-state index contributed by atoms with van der Waals surface area (Å²) in [6, 6.07) is 0. The van der Waals surface area contributed by atoms with Gasteiger partial charge in [0.15, 0.2) is 0 Å². The lowest BCUT2D eigenvalue weighted by Gasteiger charge is -2.09. The predicted molar refractivity (Wildman–Crippen MR) is 36.4 cm³/mol. The van der Waals surface area contributed by atoms with Crippen molar-refractivity contribution in [3.63, 3.8) is 0 Å². The molecule has 0 saturated heterocycles. The van der Waals surface area contributed by atoms with Gasteiger partial charge in [0.1, 0.15) is 0 Å². The molecular weight excluding hydrogens is 218 g/mol. The van der Waals surface area contributed by atoms with E-state index in [-0.39, 0.29) is 6.61 Å². The molecule has 0 rings (SSSR count). The molecule has 0 radical (unpaired) electrons. The van der Waals surface area contributed by atoms with Gasteiger partial charge in [-0.15, -0.1) is 0 Å². The minimum Gasteiger partial charge on any atom is -0.461 e. The SMILES string of the molecule is CCOC(=O)C(F)(F)S(=O)(=O)Cl. The third-order valence-electron chi connectivity index (χ3n) is 0.819. The second-order valence-corrected chi connectivity index (χ2v) is 4.28. The molecule has 0 saturated carbocycles. The Balaban J connectivity index is 4.75. The first-order valence-corrected chi connectivity index (χ1v) is 5.03. The summed E-state index contributed by atoms with van der Waals surface area (Å²) in [5.41, 5.74) is 0. The Labute approximate surface area is 71.9 Å². The monoisotopic (exact) mass is 222 g/mol. The molecule has 0 atom stereocenters. The summed E-state index contributed by atoms with van der Waals surface area (Å²) in [7, 11) is -0.983. The van der Waals surface area contributed by atoms with Crippen LogP contribution in [-0.2, 0) is 18.6 Å². The summed E-state index contributed by atoms with van der Waals surface area (Å²) < 4.78 is 48.6. The molecule has 72 valence electrons.